The standard InChI is InChI=1S/C18H26N4S.HI/c1-5-15-11-20-16(23-15)12-21-17(19-4)22-13-18(2,3)14-9-7-6-8-10-14;/h6-11H,5,12-13H2,1-4H3,(H2,19,21,22);1H. The fourth-order valence-electron chi connectivity index (χ4n) is 2.27. The van der Waals surface area contributed by atoms with Crippen LogP contribution in [0.3, 0.4) is 0 Å². The van der Waals surface area contributed by atoms with Crippen LogP contribution in [0.2, 0.25) is 0 Å². The Morgan fingerprint density at radius 3 is 2.50 bits per heavy atom. The lowest BCUT2D eigenvalue weighted by Crippen LogP contribution is -2.43. The monoisotopic (exact) mass is 458 g/mol. The number of hydrogen-bond acceptors (Lipinski definition) is 3. The second-order valence-corrected chi connectivity index (χ2v) is 7.30. The molecule has 1 heterocycles. The first-order valence-corrected chi connectivity index (χ1v) is 8.80. The maximum Gasteiger partial charge on any atom is 0.191 e. The molecule has 0 amide bonds. The molecule has 2 N–H and O–H groups in total. The Kier molecular flexibility index (Phi) is 8.69. The summed E-state index contributed by atoms with van der Waals surface area (Å²) in [5.41, 5.74) is 1.35. The molecule has 0 fully saturated rings. The third-order valence-electron chi connectivity index (χ3n) is 3.83. The van der Waals surface area contributed by atoms with Crippen LogP contribution in [0, 0.1) is 0 Å². The number of aliphatic imine (C=N–C) groups is 1. The van der Waals surface area contributed by atoms with Crippen LogP contribution in [-0.2, 0) is 18.4 Å². The Morgan fingerprint density at radius 2 is 1.92 bits per heavy atom. The van der Waals surface area contributed by atoms with Gasteiger partial charge in [0.05, 0.1) is 6.54 Å². The number of hydrogen-bond donors (Lipinski definition) is 2. The molecule has 0 aliphatic rings. The molecule has 0 saturated heterocycles. The van der Waals surface area contributed by atoms with Crippen molar-refractivity contribution >= 4 is 41.3 Å². The molecule has 4 nitrogen and oxygen atoms in total. The molecular weight excluding hydrogens is 431 g/mol. The van der Waals surface area contributed by atoms with Gasteiger partial charge in [0.25, 0.3) is 0 Å². The Balaban J connectivity index is 0.00000288. The summed E-state index contributed by atoms with van der Waals surface area (Å²) in [6.45, 7) is 8.13. The van der Waals surface area contributed by atoms with E-state index in [0.29, 0.717) is 6.54 Å². The fraction of sp³-hybridized carbons (Fsp3) is 0.444. The number of nitrogens with zero attached hydrogens (tertiary/aromatic N) is 2. The summed E-state index contributed by atoms with van der Waals surface area (Å²) in [4.78, 5) is 10.0. The second kappa shape index (κ2) is 9.98. The third kappa shape index (κ3) is 6.05. The lowest BCUT2D eigenvalue weighted by Gasteiger charge is -2.26. The molecule has 6 heteroatoms. The highest BCUT2D eigenvalue weighted by Gasteiger charge is 2.20. The summed E-state index contributed by atoms with van der Waals surface area (Å²) >= 11 is 1.75. The van der Waals surface area contributed by atoms with Gasteiger partial charge < -0.3 is 10.6 Å². The van der Waals surface area contributed by atoms with E-state index in [4.69, 9.17) is 0 Å². The number of thiazole rings is 1. The molecule has 2 aromatic rings. The van der Waals surface area contributed by atoms with Crippen LogP contribution in [0.5, 0.6) is 0 Å². The van der Waals surface area contributed by atoms with E-state index in [1.165, 1.54) is 10.4 Å². The van der Waals surface area contributed by atoms with Crippen LogP contribution in [0.25, 0.3) is 0 Å². The molecule has 2 rings (SSSR count). The molecular formula is C18H27IN4S. The van der Waals surface area contributed by atoms with Gasteiger partial charge in [-0.1, -0.05) is 51.1 Å². The molecule has 0 saturated carbocycles. The topological polar surface area (TPSA) is 49.3 Å². The number of nitrogens with one attached hydrogen (secondary N) is 2. The van der Waals surface area contributed by atoms with Crippen molar-refractivity contribution in [1.29, 1.82) is 0 Å². The number of halogens is 1. The van der Waals surface area contributed by atoms with Crippen LogP contribution in [0.4, 0.5) is 0 Å². The van der Waals surface area contributed by atoms with E-state index in [1.807, 2.05) is 12.3 Å². The predicted octanol–water partition coefficient (Wildman–Crippen LogP) is 3.97. The van der Waals surface area contributed by atoms with E-state index in [2.05, 4.69) is 65.6 Å². The van der Waals surface area contributed by atoms with E-state index in [1.54, 1.807) is 18.4 Å². The number of rotatable bonds is 6. The van der Waals surface area contributed by atoms with E-state index < -0.39 is 0 Å². The maximum absolute atomic E-state index is 4.42. The van der Waals surface area contributed by atoms with E-state index in [0.717, 1.165) is 23.9 Å². The Morgan fingerprint density at radius 1 is 1.21 bits per heavy atom. The van der Waals surface area contributed by atoms with E-state index >= 15 is 0 Å². The highest BCUT2D eigenvalue weighted by atomic mass is 127. The minimum atomic E-state index is 0. The van der Waals surface area contributed by atoms with Crippen molar-refractivity contribution in [1.82, 2.24) is 15.6 Å². The van der Waals surface area contributed by atoms with Gasteiger partial charge in [-0.3, -0.25) is 4.99 Å². The fourth-order valence-corrected chi connectivity index (χ4v) is 3.07. The Hall–Kier alpha value is -1.15. The van der Waals surface area contributed by atoms with Crippen LogP contribution >= 0.6 is 35.3 Å². The van der Waals surface area contributed by atoms with Crippen molar-refractivity contribution in [2.45, 2.75) is 39.2 Å². The van der Waals surface area contributed by atoms with Crippen LogP contribution in [-0.4, -0.2) is 24.5 Å². The molecule has 1 aromatic heterocycles. The zero-order chi connectivity index (χ0) is 16.7. The SMILES string of the molecule is CCc1cnc(CNC(=NC)NCC(C)(C)c2ccccc2)s1.I. The van der Waals surface area contributed by atoms with Gasteiger partial charge in [-0.15, -0.1) is 35.3 Å². The van der Waals surface area contributed by atoms with Crippen LogP contribution in [0.15, 0.2) is 41.5 Å². The molecule has 1 aromatic carbocycles. The summed E-state index contributed by atoms with van der Waals surface area (Å²) in [7, 11) is 1.80. The van der Waals surface area contributed by atoms with Gasteiger partial charge in [-0.2, -0.15) is 0 Å². The van der Waals surface area contributed by atoms with Crippen molar-refractivity contribution in [3.8, 4) is 0 Å². The zero-order valence-electron chi connectivity index (χ0n) is 14.8. The van der Waals surface area contributed by atoms with E-state index in [-0.39, 0.29) is 29.4 Å². The van der Waals surface area contributed by atoms with Crippen molar-refractivity contribution in [3.05, 3.63) is 52.0 Å². The largest absolute Gasteiger partial charge is 0.356 e. The van der Waals surface area contributed by atoms with Crippen molar-refractivity contribution in [2.75, 3.05) is 13.6 Å². The van der Waals surface area contributed by atoms with Crippen LogP contribution in [0.1, 0.15) is 36.2 Å². The minimum absolute atomic E-state index is 0. The number of aromatic nitrogens is 1. The molecule has 132 valence electrons. The summed E-state index contributed by atoms with van der Waals surface area (Å²) in [5.74, 6) is 0.808. The number of benzene rings is 1. The smallest absolute Gasteiger partial charge is 0.191 e. The minimum Gasteiger partial charge on any atom is -0.356 e. The maximum atomic E-state index is 4.42. The lowest BCUT2D eigenvalue weighted by atomic mass is 9.85. The Bertz CT molecular complexity index is 637. The molecule has 0 atom stereocenters. The first-order chi connectivity index (χ1) is 11.0. The highest BCUT2D eigenvalue weighted by Crippen LogP contribution is 2.21. The highest BCUT2D eigenvalue weighted by molar-refractivity contribution is 14.0. The lowest BCUT2D eigenvalue weighted by molar-refractivity contribution is 0.508. The normalized spacial score (nSPS) is 11.8. The Labute approximate surface area is 166 Å². The van der Waals surface area contributed by atoms with Crippen molar-refractivity contribution in [3.63, 3.8) is 0 Å². The average Bonchev–Trinajstić information content (AvgIpc) is 3.04. The van der Waals surface area contributed by atoms with Gasteiger partial charge in [0.2, 0.25) is 0 Å². The van der Waals surface area contributed by atoms with Gasteiger partial charge >= 0.3 is 0 Å². The molecule has 0 aliphatic heterocycles. The van der Waals surface area contributed by atoms with Gasteiger partial charge in [-0.25, -0.2) is 4.98 Å². The first-order valence-electron chi connectivity index (χ1n) is 7.99. The predicted molar refractivity (Wildman–Crippen MR) is 115 cm³/mol. The summed E-state index contributed by atoms with van der Waals surface area (Å²) in [6, 6.07) is 10.5. The molecule has 0 unspecified atom stereocenters. The summed E-state index contributed by atoms with van der Waals surface area (Å²) in [6.07, 6.45) is 2.99. The molecule has 0 bridgehead atoms. The second-order valence-electron chi connectivity index (χ2n) is 6.10. The first kappa shape index (κ1) is 20.9. The van der Waals surface area contributed by atoms with E-state index in [9.17, 15) is 0 Å². The van der Waals surface area contributed by atoms with Gasteiger partial charge in [0.1, 0.15) is 5.01 Å². The quantitative estimate of drug-likeness (QED) is 0.392. The molecule has 24 heavy (non-hydrogen) atoms. The molecule has 0 radical (unpaired) electrons. The third-order valence-corrected chi connectivity index (χ3v) is 4.98. The van der Waals surface area contributed by atoms with Gasteiger partial charge in [-0.05, 0) is 12.0 Å². The summed E-state index contributed by atoms with van der Waals surface area (Å²) < 4.78 is 0. The molecule has 0 aliphatic carbocycles. The summed E-state index contributed by atoms with van der Waals surface area (Å²) in [5, 5.41) is 7.84. The van der Waals surface area contributed by atoms with Crippen molar-refractivity contribution < 1.29 is 0 Å². The number of guanidine groups is 1. The van der Waals surface area contributed by atoms with Crippen LogP contribution < -0.4 is 10.6 Å². The molecule has 0 spiro atoms. The number of aryl methyl sites for hydroxylation is 1. The average molecular weight is 458 g/mol. The van der Waals surface area contributed by atoms with Gasteiger partial charge in [0, 0.05) is 30.1 Å². The van der Waals surface area contributed by atoms with Crippen molar-refractivity contribution in [2.24, 2.45) is 4.99 Å². The zero-order valence-corrected chi connectivity index (χ0v) is 17.9. The van der Waals surface area contributed by atoms with Gasteiger partial charge in [0.15, 0.2) is 5.96 Å².